The first kappa shape index (κ1) is 13.5. The van der Waals surface area contributed by atoms with E-state index in [4.69, 9.17) is 11.6 Å². The molecule has 0 radical (unpaired) electrons. The van der Waals surface area contributed by atoms with E-state index in [1.54, 1.807) is 31.2 Å². The smallest absolute Gasteiger partial charge is 0.306 e. The van der Waals surface area contributed by atoms with Crippen molar-refractivity contribution in [3.8, 4) is 0 Å². The lowest BCUT2D eigenvalue weighted by molar-refractivity contribution is -0.142. The summed E-state index contributed by atoms with van der Waals surface area (Å²) in [5, 5.41) is 5.86. The number of nitrogens with zero attached hydrogens (tertiary/aromatic N) is 2. The minimum Gasteiger partial charge on any atom is -0.469 e. The largest absolute Gasteiger partial charge is 0.469 e. The monoisotopic (exact) mass is 280 g/mol. The Morgan fingerprint density at radius 1 is 1.47 bits per heavy atom. The fraction of sp³-hybridized carbons (Fsp3) is 0.308. The van der Waals surface area contributed by atoms with Gasteiger partial charge in [0.1, 0.15) is 0 Å². The summed E-state index contributed by atoms with van der Waals surface area (Å²) in [6.07, 6.45) is -0.00831. The number of hydrogen-bond acceptors (Lipinski definition) is 4. The van der Waals surface area contributed by atoms with Gasteiger partial charge in [-0.05, 0) is 19.1 Å². The number of para-hydroxylation sites is 1. The highest BCUT2D eigenvalue weighted by molar-refractivity contribution is 6.34. The van der Waals surface area contributed by atoms with Gasteiger partial charge in [-0.3, -0.25) is 9.59 Å². The number of carbonyl (C=O) groups is 2. The van der Waals surface area contributed by atoms with Gasteiger partial charge in [0.2, 0.25) is 0 Å². The molecule has 6 heteroatoms. The molecule has 1 aliphatic heterocycles. The third-order valence-electron chi connectivity index (χ3n) is 2.95. The molecule has 1 amide bonds. The number of methoxy groups -OCH3 is 1. The second kappa shape index (κ2) is 5.40. The van der Waals surface area contributed by atoms with Gasteiger partial charge in [-0.1, -0.05) is 23.7 Å². The highest BCUT2D eigenvalue weighted by atomic mass is 35.5. The number of ether oxygens (including phenoxy) is 1. The summed E-state index contributed by atoms with van der Waals surface area (Å²) in [6, 6.07) is 6.93. The third-order valence-corrected chi connectivity index (χ3v) is 3.27. The molecule has 1 atom stereocenters. The Balaban J connectivity index is 2.26. The van der Waals surface area contributed by atoms with Crippen LogP contribution in [0.15, 0.2) is 29.4 Å². The second-order valence-electron chi connectivity index (χ2n) is 4.18. The van der Waals surface area contributed by atoms with E-state index in [2.05, 4.69) is 9.84 Å². The van der Waals surface area contributed by atoms with Crippen molar-refractivity contribution in [2.45, 2.75) is 13.3 Å². The van der Waals surface area contributed by atoms with Crippen LogP contribution in [0, 0.1) is 5.92 Å². The van der Waals surface area contributed by atoms with Crippen molar-refractivity contribution >= 4 is 34.9 Å². The molecule has 0 spiro atoms. The predicted octanol–water partition coefficient (Wildman–Crippen LogP) is 2.24. The number of hydrogen-bond donors (Lipinski definition) is 0. The highest BCUT2D eigenvalue weighted by Gasteiger charge is 2.36. The fourth-order valence-electron chi connectivity index (χ4n) is 1.88. The van der Waals surface area contributed by atoms with Gasteiger partial charge >= 0.3 is 5.97 Å². The normalized spacial score (nSPS) is 18.5. The van der Waals surface area contributed by atoms with Crippen LogP contribution in [0.1, 0.15) is 13.3 Å². The predicted molar refractivity (Wildman–Crippen MR) is 72.2 cm³/mol. The molecule has 0 saturated carbocycles. The molecule has 1 heterocycles. The van der Waals surface area contributed by atoms with Gasteiger partial charge in [0.15, 0.2) is 0 Å². The molecular weight excluding hydrogens is 268 g/mol. The third kappa shape index (κ3) is 2.61. The van der Waals surface area contributed by atoms with Crippen molar-refractivity contribution in [1.29, 1.82) is 0 Å². The van der Waals surface area contributed by atoms with E-state index in [1.165, 1.54) is 12.1 Å². The van der Waals surface area contributed by atoms with Gasteiger partial charge in [0.25, 0.3) is 5.91 Å². The lowest BCUT2D eigenvalue weighted by atomic mass is 10.0. The number of benzene rings is 1. The van der Waals surface area contributed by atoms with Gasteiger partial charge in [-0.15, -0.1) is 0 Å². The second-order valence-corrected chi connectivity index (χ2v) is 4.58. The quantitative estimate of drug-likeness (QED) is 0.798. The summed E-state index contributed by atoms with van der Waals surface area (Å²) in [6.45, 7) is 1.71. The van der Waals surface area contributed by atoms with E-state index >= 15 is 0 Å². The van der Waals surface area contributed by atoms with Crippen molar-refractivity contribution < 1.29 is 14.3 Å². The van der Waals surface area contributed by atoms with Crippen LogP contribution in [0.3, 0.4) is 0 Å². The number of amides is 1. The van der Waals surface area contributed by atoms with E-state index in [0.717, 1.165) is 0 Å². The maximum atomic E-state index is 12.3. The van der Waals surface area contributed by atoms with Crippen LogP contribution in [0.5, 0.6) is 0 Å². The van der Waals surface area contributed by atoms with Gasteiger partial charge in [0.05, 0.1) is 30.2 Å². The van der Waals surface area contributed by atoms with Crippen LogP contribution in [0.25, 0.3) is 0 Å². The van der Waals surface area contributed by atoms with Crippen molar-refractivity contribution in [2.24, 2.45) is 11.0 Å². The van der Waals surface area contributed by atoms with Crippen LogP contribution in [0.4, 0.5) is 5.69 Å². The van der Waals surface area contributed by atoms with E-state index in [9.17, 15) is 9.59 Å². The summed E-state index contributed by atoms with van der Waals surface area (Å²) in [4.78, 5) is 23.6. The summed E-state index contributed by atoms with van der Waals surface area (Å²) in [7, 11) is 1.29. The molecule has 19 heavy (non-hydrogen) atoms. The number of hydrazone groups is 1. The Kier molecular flexibility index (Phi) is 3.85. The van der Waals surface area contributed by atoms with Gasteiger partial charge < -0.3 is 4.74 Å². The number of halogens is 1. The molecule has 5 nitrogen and oxygen atoms in total. The molecule has 0 aromatic heterocycles. The Morgan fingerprint density at radius 3 is 2.79 bits per heavy atom. The van der Waals surface area contributed by atoms with Gasteiger partial charge in [-0.2, -0.15) is 10.1 Å². The molecule has 1 unspecified atom stereocenters. The van der Waals surface area contributed by atoms with E-state index < -0.39 is 11.9 Å². The van der Waals surface area contributed by atoms with Crippen molar-refractivity contribution in [1.82, 2.24) is 0 Å². The maximum absolute atomic E-state index is 12.3. The average Bonchev–Trinajstić information content (AvgIpc) is 2.67. The number of anilines is 1. The SMILES string of the molecule is COC(=O)CC1C(=O)N(c2ccccc2Cl)N=C1C. The topological polar surface area (TPSA) is 59.0 Å². The molecule has 0 aliphatic carbocycles. The van der Waals surface area contributed by atoms with E-state index in [-0.39, 0.29) is 12.3 Å². The summed E-state index contributed by atoms with van der Waals surface area (Å²) in [5.74, 6) is -1.28. The first-order valence-electron chi connectivity index (χ1n) is 5.75. The lowest BCUT2D eigenvalue weighted by Gasteiger charge is -2.15. The summed E-state index contributed by atoms with van der Waals surface area (Å²) in [5.41, 5.74) is 1.09. The summed E-state index contributed by atoms with van der Waals surface area (Å²) >= 11 is 6.04. The maximum Gasteiger partial charge on any atom is 0.306 e. The zero-order chi connectivity index (χ0) is 14.0. The number of carbonyl (C=O) groups excluding carboxylic acids is 2. The van der Waals surface area contributed by atoms with Crippen molar-refractivity contribution in [3.05, 3.63) is 29.3 Å². The van der Waals surface area contributed by atoms with Crippen LogP contribution >= 0.6 is 11.6 Å². The van der Waals surface area contributed by atoms with Crippen molar-refractivity contribution in [3.63, 3.8) is 0 Å². The molecule has 0 saturated heterocycles. The number of esters is 1. The average molecular weight is 281 g/mol. The molecule has 1 aliphatic rings. The first-order chi connectivity index (χ1) is 9.04. The standard InChI is InChI=1S/C13H13ClN2O3/c1-8-9(7-12(17)19-2)13(18)16(15-8)11-6-4-3-5-10(11)14/h3-6,9H,7H2,1-2H3. The Bertz CT molecular complexity index is 557. The lowest BCUT2D eigenvalue weighted by Crippen LogP contribution is -2.29. The van der Waals surface area contributed by atoms with Gasteiger partial charge in [0, 0.05) is 5.71 Å². The molecular formula is C13H13ClN2O3. The molecule has 0 bridgehead atoms. The Hall–Kier alpha value is -1.88. The Labute approximate surface area is 115 Å². The molecule has 2 rings (SSSR count). The molecule has 1 aromatic rings. The van der Waals surface area contributed by atoms with Crippen LogP contribution in [-0.2, 0) is 14.3 Å². The first-order valence-corrected chi connectivity index (χ1v) is 6.12. The highest BCUT2D eigenvalue weighted by Crippen LogP contribution is 2.31. The molecule has 1 aromatic carbocycles. The molecule has 0 fully saturated rings. The Morgan fingerprint density at radius 2 is 2.16 bits per heavy atom. The van der Waals surface area contributed by atoms with E-state index in [1.807, 2.05) is 0 Å². The molecule has 100 valence electrons. The molecule has 0 N–H and O–H groups in total. The minimum atomic E-state index is -0.580. The van der Waals surface area contributed by atoms with Crippen molar-refractivity contribution in [2.75, 3.05) is 12.1 Å². The van der Waals surface area contributed by atoms with Crippen LogP contribution in [-0.4, -0.2) is 24.7 Å². The minimum absolute atomic E-state index is 0.00831. The van der Waals surface area contributed by atoms with Gasteiger partial charge in [-0.25, -0.2) is 0 Å². The van der Waals surface area contributed by atoms with Crippen LogP contribution in [0.2, 0.25) is 5.02 Å². The van der Waals surface area contributed by atoms with E-state index in [0.29, 0.717) is 16.4 Å². The summed E-state index contributed by atoms with van der Waals surface area (Å²) < 4.78 is 4.58. The number of rotatable bonds is 3. The zero-order valence-electron chi connectivity index (χ0n) is 10.6. The zero-order valence-corrected chi connectivity index (χ0v) is 11.3. The fourth-order valence-corrected chi connectivity index (χ4v) is 2.10. The van der Waals surface area contributed by atoms with Crippen LogP contribution < -0.4 is 5.01 Å².